The summed E-state index contributed by atoms with van der Waals surface area (Å²) in [6.45, 7) is 3.71. The number of fused-ring (bicyclic) bond motifs is 1. The van der Waals surface area contributed by atoms with Crippen molar-refractivity contribution in [2.45, 2.75) is 26.2 Å². The normalized spacial score (nSPS) is 11.8. The monoisotopic (exact) mass is 356 g/mol. The molecule has 3 N–H and O–H groups in total. The van der Waals surface area contributed by atoms with Crippen LogP contribution in [0.2, 0.25) is 0 Å². The summed E-state index contributed by atoms with van der Waals surface area (Å²) in [6.07, 6.45) is 2.81. The Morgan fingerprint density at radius 3 is 2.76 bits per heavy atom. The predicted octanol–water partition coefficient (Wildman–Crippen LogP) is 2.67. The van der Waals surface area contributed by atoms with Crippen molar-refractivity contribution in [3.05, 3.63) is 46.2 Å². The number of guanidine groups is 1. The van der Waals surface area contributed by atoms with Gasteiger partial charge in [-0.2, -0.15) is 0 Å². The molecule has 0 bridgehead atoms. The molecule has 7 heteroatoms. The van der Waals surface area contributed by atoms with Crippen LogP contribution in [0.1, 0.15) is 22.9 Å². The molecule has 0 amide bonds. The second-order valence-electron chi connectivity index (χ2n) is 5.84. The van der Waals surface area contributed by atoms with E-state index >= 15 is 0 Å². The van der Waals surface area contributed by atoms with Gasteiger partial charge in [0.05, 0.1) is 21.7 Å². The standard InChI is InChI=1S/C18H24N6S/c1-13-22-14(12-25-13)9-11-21-18(19-2)20-10-5-8-17-23-15-6-3-4-7-16(15)24-17/h3-4,6-7,12H,5,8-11H2,1-2H3,(H,23,24)(H2,19,20,21). The molecule has 0 radical (unpaired) electrons. The number of nitrogens with one attached hydrogen (secondary N) is 3. The first-order chi connectivity index (χ1) is 12.2. The fourth-order valence-corrected chi connectivity index (χ4v) is 3.29. The lowest BCUT2D eigenvalue weighted by Crippen LogP contribution is -2.38. The Hall–Kier alpha value is -2.41. The molecule has 6 nitrogen and oxygen atoms in total. The predicted molar refractivity (Wildman–Crippen MR) is 104 cm³/mol. The number of thiazole rings is 1. The molecule has 0 aliphatic heterocycles. The van der Waals surface area contributed by atoms with Crippen LogP contribution in [0.25, 0.3) is 11.0 Å². The molecule has 3 rings (SSSR count). The third kappa shape index (κ3) is 5.03. The number of hydrogen-bond acceptors (Lipinski definition) is 4. The molecular formula is C18H24N6S. The third-order valence-corrected chi connectivity index (χ3v) is 4.71. The van der Waals surface area contributed by atoms with Gasteiger partial charge in [-0.25, -0.2) is 9.97 Å². The average Bonchev–Trinajstić information content (AvgIpc) is 3.22. The molecule has 3 aromatic rings. The number of aryl methyl sites for hydroxylation is 2. The largest absolute Gasteiger partial charge is 0.356 e. The lowest BCUT2D eigenvalue weighted by Gasteiger charge is -2.10. The van der Waals surface area contributed by atoms with Crippen molar-refractivity contribution in [1.82, 2.24) is 25.6 Å². The van der Waals surface area contributed by atoms with Crippen LogP contribution in [0.3, 0.4) is 0 Å². The summed E-state index contributed by atoms with van der Waals surface area (Å²) in [4.78, 5) is 16.7. The topological polar surface area (TPSA) is 78.0 Å². The van der Waals surface area contributed by atoms with E-state index in [0.717, 1.165) is 65.9 Å². The first-order valence-corrected chi connectivity index (χ1v) is 9.41. The van der Waals surface area contributed by atoms with E-state index in [1.807, 2.05) is 25.1 Å². The number of benzene rings is 1. The summed E-state index contributed by atoms with van der Waals surface area (Å²) in [5, 5.41) is 9.90. The minimum Gasteiger partial charge on any atom is -0.356 e. The van der Waals surface area contributed by atoms with E-state index in [0.29, 0.717) is 0 Å². The summed E-state index contributed by atoms with van der Waals surface area (Å²) in [5.74, 6) is 1.86. The number of rotatable bonds is 7. The van der Waals surface area contributed by atoms with Gasteiger partial charge in [0.15, 0.2) is 5.96 Å². The fraction of sp³-hybridized carbons (Fsp3) is 0.389. The van der Waals surface area contributed by atoms with Gasteiger partial charge in [-0.1, -0.05) is 12.1 Å². The van der Waals surface area contributed by atoms with E-state index in [2.05, 4.69) is 42.0 Å². The minimum atomic E-state index is 0.826. The van der Waals surface area contributed by atoms with Crippen LogP contribution in [0.5, 0.6) is 0 Å². The summed E-state index contributed by atoms with van der Waals surface area (Å²) in [5.41, 5.74) is 3.26. The Bertz CT molecular complexity index is 802. The molecule has 2 aromatic heterocycles. The Balaban J connectivity index is 1.36. The van der Waals surface area contributed by atoms with Gasteiger partial charge >= 0.3 is 0 Å². The maximum Gasteiger partial charge on any atom is 0.190 e. The molecule has 2 heterocycles. The number of nitrogens with zero attached hydrogens (tertiary/aromatic N) is 3. The van der Waals surface area contributed by atoms with Gasteiger partial charge in [0, 0.05) is 38.4 Å². The quantitative estimate of drug-likeness (QED) is 0.345. The van der Waals surface area contributed by atoms with Crippen LogP contribution in [0, 0.1) is 6.92 Å². The zero-order valence-corrected chi connectivity index (χ0v) is 15.5. The van der Waals surface area contributed by atoms with E-state index < -0.39 is 0 Å². The Morgan fingerprint density at radius 1 is 1.16 bits per heavy atom. The summed E-state index contributed by atoms with van der Waals surface area (Å²) in [6, 6.07) is 8.12. The zero-order chi connectivity index (χ0) is 17.5. The molecule has 0 aliphatic carbocycles. The van der Waals surface area contributed by atoms with Gasteiger partial charge in [0.25, 0.3) is 0 Å². The van der Waals surface area contributed by atoms with E-state index in [4.69, 9.17) is 0 Å². The third-order valence-electron chi connectivity index (χ3n) is 3.88. The SMILES string of the molecule is CN=C(NCCCc1nc2ccccc2[nH]1)NCCc1csc(C)n1. The van der Waals surface area contributed by atoms with Gasteiger partial charge in [0.1, 0.15) is 5.82 Å². The molecule has 0 unspecified atom stereocenters. The molecule has 0 spiro atoms. The van der Waals surface area contributed by atoms with Crippen LogP contribution in [-0.2, 0) is 12.8 Å². The summed E-state index contributed by atoms with van der Waals surface area (Å²) < 4.78 is 0. The Morgan fingerprint density at radius 2 is 2.00 bits per heavy atom. The first kappa shape index (κ1) is 17.4. The van der Waals surface area contributed by atoms with Crippen molar-refractivity contribution in [2.24, 2.45) is 4.99 Å². The molecule has 0 atom stereocenters. The number of aromatic nitrogens is 3. The molecular weight excluding hydrogens is 332 g/mol. The molecule has 132 valence electrons. The second kappa shape index (κ2) is 8.62. The summed E-state index contributed by atoms with van der Waals surface area (Å²) >= 11 is 1.69. The van der Waals surface area contributed by atoms with Gasteiger partial charge in [-0.05, 0) is 25.5 Å². The highest BCUT2D eigenvalue weighted by molar-refractivity contribution is 7.09. The fourth-order valence-electron chi connectivity index (χ4n) is 2.64. The van der Waals surface area contributed by atoms with Crippen molar-refractivity contribution >= 4 is 28.3 Å². The van der Waals surface area contributed by atoms with Crippen molar-refractivity contribution in [1.29, 1.82) is 0 Å². The van der Waals surface area contributed by atoms with Gasteiger partial charge in [-0.3, -0.25) is 4.99 Å². The Kier molecular flexibility index (Phi) is 6.00. The lowest BCUT2D eigenvalue weighted by atomic mass is 10.3. The van der Waals surface area contributed by atoms with Crippen LogP contribution in [0.15, 0.2) is 34.6 Å². The molecule has 0 saturated heterocycles. The smallest absolute Gasteiger partial charge is 0.190 e. The van der Waals surface area contributed by atoms with Gasteiger partial charge in [-0.15, -0.1) is 11.3 Å². The van der Waals surface area contributed by atoms with Crippen LogP contribution in [0.4, 0.5) is 0 Å². The summed E-state index contributed by atoms with van der Waals surface area (Å²) in [7, 11) is 1.79. The highest BCUT2D eigenvalue weighted by Crippen LogP contribution is 2.11. The Labute approximate surface area is 151 Å². The number of aliphatic imine (C=N–C) groups is 1. The molecule has 1 aromatic carbocycles. The lowest BCUT2D eigenvalue weighted by molar-refractivity contribution is 0.722. The van der Waals surface area contributed by atoms with Gasteiger partial charge < -0.3 is 15.6 Å². The zero-order valence-electron chi connectivity index (χ0n) is 14.7. The molecule has 0 fully saturated rings. The van der Waals surface area contributed by atoms with Crippen molar-refractivity contribution in [3.8, 4) is 0 Å². The van der Waals surface area contributed by atoms with E-state index in [1.165, 1.54) is 0 Å². The second-order valence-corrected chi connectivity index (χ2v) is 6.90. The number of aromatic amines is 1. The van der Waals surface area contributed by atoms with Crippen molar-refractivity contribution in [2.75, 3.05) is 20.1 Å². The van der Waals surface area contributed by atoms with Gasteiger partial charge in [0.2, 0.25) is 0 Å². The maximum absolute atomic E-state index is 4.60. The van der Waals surface area contributed by atoms with E-state index in [1.54, 1.807) is 18.4 Å². The van der Waals surface area contributed by atoms with Crippen LogP contribution < -0.4 is 10.6 Å². The van der Waals surface area contributed by atoms with Crippen molar-refractivity contribution in [3.63, 3.8) is 0 Å². The van der Waals surface area contributed by atoms with Crippen molar-refractivity contribution < 1.29 is 0 Å². The molecule has 0 saturated carbocycles. The number of H-pyrrole nitrogens is 1. The van der Waals surface area contributed by atoms with E-state index in [9.17, 15) is 0 Å². The number of para-hydroxylation sites is 2. The first-order valence-electron chi connectivity index (χ1n) is 8.54. The maximum atomic E-state index is 4.60. The molecule has 25 heavy (non-hydrogen) atoms. The number of imidazole rings is 1. The highest BCUT2D eigenvalue weighted by atomic mass is 32.1. The van der Waals surface area contributed by atoms with Crippen LogP contribution in [-0.4, -0.2) is 41.0 Å². The molecule has 0 aliphatic rings. The van der Waals surface area contributed by atoms with Crippen LogP contribution >= 0.6 is 11.3 Å². The minimum absolute atomic E-state index is 0.826. The van der Waals surface area contributed by atoms with E-state index in [-0.39, 0.29) is 0 Å². The highest BCUT2D eigenvalue weighted by Gasteiger charge is 2.03. The number of hydrogen-bond donors (Lipinski definition) is 3. The average molecular weight is 356 g/mol.